The van der Waals surface area contributed by atoms with Crippen molar-refractivity contribution in [3.63, 3.8) is 0 Å². The minimum Gasteiger partial charge on any atom is -0.507 e. The van der Waals surface area contributed by atoms with Crippen LogP contribution >= 0.6 is 0 Å². The number of benzene rings is 1. The number of carbonyl (C=O) groups excluding carboxylic acids is 1. The first-order valence-corrected chi connectivity index (χ1v) is 6.34. The molecule has 0 aliphatic carbocycles. The van der Waals surface area contributed by atoms with E-state index >= 15 is 0 Å². The molecule has 1 aromatic rings. The van der Waals surface area contributed by atoms with Crippen molar-refractivity contribution in [2.45, 2.75) is 26.3 Å². The molecule has 0 saturated heterocycles. The van der Waals surface area contributed by atoms with Gasteiger partial charge in [0.25, 0.3) is 0 Å². The molecule has 19 heavy (non-hydrogen) atoms. The Labute approximate surface area is 113 Å². The van der Waals surface area contributed by atoms with Crippen molar-refractivity contribution >= 4 is 5.97 Å². The Morgan fingerprint density at radius 1 is 1.47 bits per heavy atom. The normalized spacial score (nSPS) is 11.9. The number of phenolic OH excluding ortho intramolecular Hbond substituents is 1. The van der Waals surface area contributed by atoms with Gasteiger partial charge in [-0.3, -0.25) is 4.79 Å². The second-order valence-electron chi connectivity index (χ2n) is 4.16. The maximum absolute atomic E-state index is 11.2. The van der Waals surface area contributed by atoms with Crippen LogP contribution in [0.15, 0.2) is 18.2 Å². The fraction of sp³-hybridized carbons (Fsp3) is 0.500. The van der Waals surface area contributed by atoms with Gasteiger partial charge in [-0.1, -0.05) is 6.07 Å². The zero-order valence-corrected chi connectivity index (χ0v) is 11.6. The Morgan fingerprint density at radius 3 is 2.79 bits per heavy atom. The topological polar surface area (TPSA) is 67.8 Å². The average Bonchev–Trinajstić information content (AvgIpc) is 2.38. The Bertz CT molecular complexity index is 420. The van der Waals surface area contributed by atoms with E-state index in [9.17, 15) is 9.90 Å². The molecule has 0 aliphatic rings. The average molecular weight is 267 g/mol. The van der Waals surface area contributed by atoms with E-state index in [-0.39, 0.29) is 17.8 Å². The van der Waals surface area contributed by atoms with Crippen LogP contribution in [-0.4, -0.2) is 31.3 Å². The summed E-state index contributed by atoms with van der Waals surface area (Å²) in [6.07, 6.45) is 0.315. The molecule has 0 aromatic heterocycles. The van der Waals surface area contributed by atoms with E-state index in [4.69, 9.17) is 9.47 Å². The molecule has 5 heteroatoms. The van der Waals surface area contributed by atoms with Gasteiger partial charge in [-0.05, 0) is 19.9 Å². The molecule has 0 spiro atoms. The lowest BCUT2D eigenvalue weighted by atomic mass is 10.1. The summed E-state index contributed by atoms with van der Waals surface area (Å²) in [4.78, 5) is 11.2. The van der Waals surface area contributed by atoms with Gasteiger partial charge >= 0.3 is 5.97 Å². The second-order valence-corrected chi connectivity index (χ2v) is 4.16. The number of rotatable bonds is 7. The SMILES string of the molecule is CCOC(=O)CCNC(C)c1ccc(OC)cc1O. The smallest absolute Gasteiger partial charge is 0.307 e. The van der Waals surface area contributed by atoms with Gasteiger partial charge in [0.15, 0.2) is 0 Å². The van der Waals surface area contributed by atoms with Gasteiger partial charge in [0.1, 0.15) is 11.5 Å². The highest BCUT2D eigenvalue weighted by atomic mass is 16.5. The molecule has 0 amide bonds. The highest BCUT2D eigenvalue weighted by molar-refractivity contribution is 5.69. The molecule has 0 fully saturated rings. The van der Waals surface area contributed by atoms with Crippen LogP contribution in [0, 0.1) is 0 Å². The Morgan fingerprint density at radius 2 is 2.21 bits per heavy atom. The van der Waals surface area contributed by atoms with E-state index in [1.807, 2.05) is 6.92 Å². The summed E-state index contributed by atoms with van der Waals surface area (Å²) >= 11 is 0. The number of ether oxygens (including phenoxy) is 2. The lowest BCUT2D eigenvalue weighted by Crippen LogP contribution is -2.22. The van der Waals surface area contributed by atoms with Gasteiger partial charge in [-0.15, -0.1) is 0 Å². The maximum Gasteiger partial charge on any atom is 0.307 e. The van der Waals surface area contributed by atoms with Gasteiger partial charge in [-0.25, -0.2) is 0 Å². The third-order valence-corrected chi connectivity index (χ3v) is 2.79. The summed E-state index contributed by atoms with van der Waals surface area (Å²) in [5.41, 5.74) is 0.768. The van der Waals surface area contributed by atoms with Gasteiger partial charge in [0.2, 0.25) is 0 Å². The van der Waals surface area contributed by atoms with Gasteiger partial charge in [0.05, 0.1) is 20.1 Å². The zero-order valence-electron chi connectivity index (χ0n) is 11.6. The quantitative estimate of drug-likeness (QED) is 0.740. The number of hydrogen-bond donors (Lipinski definition) is 2. The number of nitrogens with one attached hydrogen (secondary N) is 1. The highest BCUT2D eigenvalue weighted by Gasteiger charge is 2.11. The van der Waals surface area contributed by atoms with E-state index in [2.05, 4.69) is 5.32 Å². The van der Waals surface area contributed by atoms with Crippen molar-refractivity contribution in [3.05, 3.63) is 23.8 Å². The van der Waals surface area contributed by atoms with E-state index in [0.29, 0.717) is 25.3 Å². The molecule has 1 aromatic carbocycles. The summed E-state index contributed by atoms with van der Waals surface area (Å²) in [5, 5.41) is 13.0. The molecule has 1 rings (SSSR count). The summed E-state index contributed by atoms with van der Waals surface area (Å²) in [6, 6.07) is 5.11. The minimum absolute atomic E-state index is 0.0552. The Kier molecular flexibility index (Phi) is 6.15. The predicted molar refractivity (Wildman–Crippen MR) is 72.3 cm³/mol. The van der Waals surface area contributed by atoms with Crippen LogP contribution in [0.3, 0.4) is 0 Å². The fourth-order valence-electron chi connectivity index (χ4n) is 1.75. The van der Waals surface area contributed by atoms with E-state index < -0.39 is 0 Å². The second kappa shape index (κ2) is 7.63. The van der Waals surface area contributed by atoms with Crippen molar-refractivity contribution in [1.82, 2.24) is 5.32 Å². The third-order valence-electron chi connectivity index (χ3n) is 2.79. The van der Waals surface area contributed by atoms with Crippen molar-refractivity contribution in [1.29, 1.82) is 0 Å². The number of methoxy groups -OCH3 is 1. The number of hydrogen-bond acceptors (Lipinski definition) is 5. The molecule has 0 aliphatic heterocycles. The standard InChI is InChI=1S/C14H21NO4/c1-4-19-14(17)7-8-15-10(2)12-6-5-11(18-3)9-13(12)16/h5-6,9-10,15-16H,4,7-8H2,1-3H3. The van der Waals surface area contributed by atoms with Crippen LogP contribution in [0.2, 0.25) is 0 Å². The van der Waals surface area contributed by atoms with Crippen LogP contribution in [-0.2, 0) is 9.53 Å². The first-order chi connectivity index (χ1) is 9.08. The van der Waals surface area contributed by atoms with E-state index in [0.717, 1.165) is 5.56 Å². The fourth-order valence-corrected chi connectivity index (χ4v) is 1.75. The first kappa shape index (κ1) is 15.3. The van der Waals surface area contributed by atoms with Crippen molar-refractivity contribution in [3.8, 4) is 11.5 Å². The molecule has 106 valence electrons. The van der Waals surface area contributed by atoms with Crippen molar-refractivity contribution in [2.75, 3.05) is 20.3 Å². The molecule has 1 atom stereocenters. The van der Waals surface area contributed by atoms with Gasteiger partial charge < -0.3 is 19.9 Å². The summed E-state index contributed by atoms with van der Waals surface area (Å²) in [6.45, 7) is 4.61. The number of esters is 1. The zero-order chi connectivity index (χ0) is 14.3. The summed E-state index contributed by atoms with van der Waals surface area (Å²) < 4.78 is 9.87. The van der Waals surface area contributed by atoms with Crippen molar-refractivity contribution < 1.29 is 19.4 Å². The lowest BCUT2D eigenvalue weighted by Gasteiger charge is -2.16. The summed E-state index contributed by atoms with van der Waals surface area (Å²) in [5.74, 6) is 0.566. The molecule has 0 bridgehead atoms. The molecule has 0 heterocycles. The van der Waals surface area contributed by atoms with E-state index in [1.165, 1.54) is 0 Å². The highest BCUT2D eigenvalue weighted by Crippen LogP contribution is 2.28. The number of aromatic hydroxyl groups is 1. The van der Waals surface area contributed by atoms with Crippen LogP contribution in [0.25, 0.3) is 0 Å². The van der Waals surface area contributed by atoms with Crippen LogP contribution in [0.4, 0.5) is 0 Å². The Balaban J connectivity index is 2.49. The lowest BCUT2D eigenvalue weighted by molar-refractivity contribution is -0.143. The molecular formula is C14H21NO4. The molecule has 5 nitrogen and oxygen atoms in total. The molecular weight excluding hydrogens is 246 g/mol. The maximum atomic E-state index is 11.2. The van der Waals surface area contributed by atoms with Gasteiger partial charge in [0, 0.05) is 24.2 Å². The van der Waals surface area contributed by atoms with Gasteiger partial charge in [-0.2, -0.15) is 0 Å². The van der Waals surface area contributed by atoms with Crippen LogP contribution in [0.1, 0.15) is 31.9 Å². The Hall–Kier alpha value is -1.75. The largest absolute Gasteiger partial charge is 0.507 e. The number of carbonyl (C=O) groups is 1. The molecule has 2 N–H and O–H groups in total. The molecule has 0 saturated carbocycles. The van der Waals surface area contributed by atoms with Crippen LogP contribution < -0.4 is 10.1 Å². The minimum atomic E-state index is -0.221. The van der Waals surface area contributed by atoms with Crippen LogP contribution in [0.5, 0.6) is 11.5 Å². The van der Waals surface area contributed by atoms with Crippen molar-refractivity contribution in [2.24, 2.45) is 0 Å². The third kappa shape index (κ3) is 4.79. The summed E-state index contributed by atoms with van der Waals surface area (Å²) in [7, 11) is 1.55. The predicted octanol–water partition coefficient (Wildman–Crippen LogP) is 2.00. The molecule has 1 unspecified atom stereocenters. The number of phenols is 1. The first-order valence-electron chi connectivity index (χ1n) is 6.34. The van der Waals surface area contributed by atoms with E-state index in [1.54, 1.807) is 32.2 Å². The monoisotopic (exact) mass is 267 g/mol. The molecule has 0 radical (unpaired) electrons.